The van der Waals surface area contributed by atoms with Gasteiger partial charge in [0.25, 0.3) is 0 Å². The van der Waals surface area contributed by atoms with Gasteiger partial charge in [-0.3, -0.25) is 43.3 Å². The van der Waals surface area contributed by atoms with E-state index in [1.54, 1.807) is 0 Å². The van der Waals surface area contributed by atoms with E-state index in [9.17, 15) is 43.2 Å². The van der Waals surface area contributed by atoms with Gasteiger partial charge < -0.3 is 47.3 Å². The second-order valence-corrected chi connectivity index (χ2v) is 13.2. The molecule has 11 N–H and O–H groups in total. The van der Waals surface area contributed by atoms with Crippen LogP contribution in [0.3, 0.4) is 0 Å². The molecule has 7 amide bonds. The number of hydrogen-bond donors (Lipinski definition) is 9. The number of benzene rings is 1. The summed E-state index contributed by atoms with van der Waals surface area (Å²) in [4.78, 5) is 108. The summed E-state index contributed by atoms with van der Waals surface area (Å²) in [6.07, 6.45) is -0.565. The Labute approximate surface area is 281 Å². The first-order valence-electron chi connectivity index (χ1n) is 15.5. The summed E-state index contributed by atoms with van der Waals surface area (Å²) >= 11 is 0. The molecule has 0 unspecified atom stereocenters. The SMILES string of the molecule is CC(=O)N[C@@H](Cc1ccc(OP(=O)(O)O)cc1)C(=O)N[C@H]1CC[C@H]2CC[C@@H](C(=O)N[C@@H](CCC(N)=O)C(=O)N[C@H](C(N)=O)[C@@H](C)O)N2C1=O. The molecule has 19 nitrogen and oxygen atoms in total. The minimum atomic E-state index is -4.78. The number of nitrogens with two attached hydrogens (primary N) is 2. The molecule has 0 saturated carbocycles. The zero-order valence-corrected chi connectivity index (χ0v) is 27.8. The number of carbonyl (C=O) groups is 7. The number of nitrogens with zero attached hydrogens (tertiary/aromatic N) is 1. The molecule has 0 aromatic heterocycles. The predicted octanol–water partition coefficient (Wildman–Crippen LogP) is -3.06. The Morgan fingerprint density at radius 1 is 0.959 bits per heavy atom. The Hall–Kier alpha value is -4.58. The average Bonchev–Trinajstić information content (AvgIpc) is 3.43. The second-order valence-electron chi connectivity index (χ2n) is 12.0. The van der Waals surface area contributed by atoms with Crippen molar-refractivity contribution < 1.29 is 57.5 Å². The van der Waals surface area contributed by atoms with Gasteiger partial charge in [-0.05, 0) is 56.7 Å². The van der Waals surface area contributed by atoms with Crippen LogP contribution in [-0.2, 0) is 44.5 Å². The predicted molar refractivity (Wildman–Crippen MR) is 168 cm³/mol. The molecule has 1 aromatic carbocycles. The highest BCUT2D eigenvalue weighted by molar-refractivity contribution is 7.46. The molecule has 0 bridgehead atoms. The fourth-order valence-electron chi connectivity index (χ4n) is 5.85. The molecule has 20 heteroatoms. The number of carbonyl (C=O) groups excluding carboxylic acids is 7. The molecule has 49 heavy (non-hydrogen) atoms. The Balaban J connectivity index is 1.72. The van der Waals surface area contributed by atoms with Crippen LogP contribution in [0.4, 0.5) is 0 Å². The van der Waals surface area contributed by atoms with Crippen LogP contribution < -0.4 is 37.3 Å². The van der Waals surface area contributed by atoms with Crippen molar-refractivity contribution in [3.63, 3.8) is 0 Å². The van der Waals surface area contributed by atoms with Gasteiger partial charge in [0.15, 0.2) is 0 Å². The van der Waals surface area contributed by atoms with Crippen LogP contribution in [0.1, 0.15) is 57.9 Å². The lowest BCUT2D eigenvalue weighted by atomic mass is 9.97. The van der Waals surface area contributed by atoms with Crippen LogP contribution in [0, 0.1) is 0 Å². The van der Waals surface area contributed by atoms with Crippen LogP contribution >= 0.6 is 7.82 Å². The van der Waals surface area contributed by atoms with E-state index in [1.165, 1.54) is 43.0 Å². The van der Waals surface area contributed by atoms with Crippen molar-refractivity contribution in [2.24, 2.45) is 11.5 Å². The number of aliphatic hydroxyl groups excluding tert-OH is 1. The third-order valence-electron chi connectivity index (χ3n) is 8.14. The van der Waals surface area contributed by atoms with Gasteiger partial charge in [-0.25, -0.2) is 4.57 Å². The molecule has 2 saturated heterocycles. The van der Waals surface area contributed by atoms with E-state index < -0.39 is 85.5 Å². The van der Waals surface area contributed by atoms with E-state index in [2.05, 4.69) is 25.8 Å². The van der Waals surface area contributed by atoms with E-state index >= 15 is 0 Å². The van der Waals surface area contributed by atoms with Crippen molar-refractivity contribution in [2.75, 3.05) is 0 Å². The lowest BCUT2D eigenvalue weighted by Crippen LogP contribution is -2.62. The van der Waals surface area contributed by atoms with Crippen LogP contribution in [0.25, 0.3) is 0 Å². The molecule has 0 radical (unpaired) electrons. The number of phosphoric ester groups is 1. The quantitative estimate of drug-likeness (QED) is 0.0773. The van der Waals surface area contributed by atoms with Crippen LogP contribution in [0.5, 0.6) is 5.75 Å². The first kappa shape index (κ1) is 38.9. The van der Waals surface area contributed by atoms with Crippen LogP contribution in [-0.4, -0.2) is 103 Å². The van der Waals surface area contributed by atoms with Crippen LogP contribution in [0.15, 0.2) is 24.3 Å². The monoisotopic (exact) mass is 711 g/mol. The minimum Gasteiger partial charge on any atom is -0.404 e. The smallest absolute Gasteiger partial charge is 0.404 e. The molecule has 2 heterocycles. The number of rotatable bonds is 16. The van der Waals surface area contributed by atoms with Gasteiger partial charge in [-0.1, -0.05) is 12.1 Å². The molecule has 270 valence electrons. The van der Waals surface area contributed by atoms with E-state index in [0.717, 1.165) is 0 Å². The van der Waals surface area contributed by atoms with Crippen LogP contribution in [0.2, 0.25) is 0 Å². The van der Waals surface area contributed by atoms with Gasteiger partial charge in [0.1, 0.15) is 36.0 Å². The second kappa shape index (κ2) is 16.7. The fraction of sp³-hybridized carbons (Fsp3) is 0.552. The zero-order valence-electron chi connectivity index (χ0n) is 26.9. The first-order valence-corrected chi connectivity index (χ1v) is 17.0. The number of nitrogens with one attached hydrogen (secondary N) is 4. The number of hydrogen-bond acceptors (Lipinski definition) is 10. The van der Waals surface area contributed by atoms with Crippen molar-refractivity contribution in [3.8, 4) is 5.75 Å². The topological polar surface area (TPSA) is 310 Å². The van der Waals surface area contributed by atoms with Gasteiger partial charge in [-0.15, -0.1) is 0 Å². The van der Waals surface area contributed by atoms with Gasteiger partial charge in [0, 0.05) is 25.8 Å². The summed E-state index contributed by atoms with van der Waals surface area (Å²) in [5, 5.41) is 19.8. The highest BCUT2D eigenvalue weighted by Gasteiger charge is 2.47. The Morgan fingerprint density at radius 2 is 1.59 bits per heavy atom. The Morgan fingerprint density at radius 3 is 2.14 bits per heavy atom. The summed E-state index contributed by atoms with van der Waals surface area (Å²) in [6, 6.07) is -0.934. The van der Waals surface area contributed by atoms with Crippen molar-refractivity contribution in [2.45, 2.75) is 101 Å². The molecule has 3 rings (SSSR count). The number of primary amides is 2. The highest BCUT2D eigenvalue weighted by Crippen LogP contribution is 2.37. The molecular formula is C29H42N7O12P. The summed E-state index contributed by atoms with van der Waals surface area (Å²) in [6.45, 7) is 2.43. The summed E-state index contributed by atoms with van der Waals surface area (Å²) < 4.78 is 15.6. The normalized spacial score (nSPS) is 21.3. The summed E-state index contributed by atoms with van der Waals surface area (Å²) in [5.74, 6) is -5.29. The molecule has 2 fully saturated rings. The fourth-order valence-corrected chi connectivity index (χ4v) is 6.24. The van der Waals surface area contributed by atoms with Crippen molar-refractivity contribution in [1.29, 1.82) is 0 Å². The van der Waals surface area contributed by atoms with E-state index in [-0.39, 0.29) is 43.9 Å². The molecule has 1 aromatic rings. The highest BCUT2D eigenvalue weighted by atomic mass is 31.2. The number of fused-ring (bicyclic) bond motifs is 1. The standard InChI is InChI=1S/C29H42N7O12P/c1-14(37)24(25(31)40)35-26(41)19(10-12-23(30)39)33-28(43)22-11-6-17-5-9-20(29(44)36(17)22)34-27(42)21(32-15(2)38)13-16-3-7-18(8-4-16)48-49(45,46)47/h3-4,7-8,14,17,19-22,24,37H,5-6,9-13H2,1-2H3,(H2,30,39)(H2,31,40)(H,32,38)(H,33,43)(H,34,42)(H,35,41)(H2,45,46,47)/t14-,17+,19+,20+,21+,22+,24+/m1/s1. The third kappa shape index (κ3) is 11.2. The molecule has 0 spiro atoms. The van der Waals surface area contributed by atoms with Gasteiger partial charge in [-0.2, -0.15) is 0 Å². The maximum Gasteiger partial charge on any atom is 0.524 e. The Bertz CT molecular complexity index is 1480. The molecule has 2 aliphatic rings. The van der Waals surface area contributed by atoms with Gasteiger partial charge in [0.05, 0.1) is 6.10 Å². The minimum absolute atomic E-state index is 0.0414. The lowest BCUT2D eigenvalue weighted by molar-refractivity contribution is -0.147. The average molecular weight is 712 g/mol. The molecule has 2 aliphatic heterocycles. The first-order chi connectivity index (χ1) is 22.9. The largest absolute Gasteiger partial charge is 0.524 e. The van der Waals surface area contributed by atoms with E-state index in [4.69, 9.17) is 21.3 Å². The van der Waals surface area contributed by atoms with Gasteiger partial charge in [0.2, 0.25) is 41.4 Å². The number of aliphatic hydroxyl groups is 1. The summed E-state index contributed by atoms with van der Waals surface area (Å²) in [5.41, 5.74) is 11.0. The van der Waals surface area contributed by atoms with Crippen molar-refractivity contribution >= 4 is 49.2 Å². The molecule has 7 atom stereocenters. The van der Waals surface area contributed by atoms with Crippen molar-refractivity contribution in [3.05, 3.63) is 29.8 Å². The molecular weight excluding hydrogens is 669 g/mol. The third-order valence-corrected chi connectivity index (χ3v) is 8.59. The summed E-state index contributed by atoms with van der Waals surface area (Å²) in [7, 11) is -4.78. The maximum absolute atomic E-state index is 13.7. The number of amides is 7. The van der Waals surface area contributed by atoms with Gasteiger partial charge >= 0.3 is 7.82 Å². The van der Waals surface area contributed by atoms with E-state index in [1.807, 2.05) is 0 Å². The maximum atomic E-state index is 13.7. The van der Waals surface area contributed by atoms with E-state index in [0.29, 0.717) is 18.4 Å². The lowest BCUT2D eigenvalue weighted by Gasteiger charge is -2.38. The zero-order chi connectivity index (χ0) is 36.6. The number of piperidine rings is 1. The molecule has 0 aliphatic carbocycles. The van der Waals surface area contributed by atoms with Crippen molar-refractivity contribution in [1.82, 2.24) is 26.2 Å². The number of phosphoric acid groups is 1. The Kier molecular flexibility index (Phi) is 13.2.